The second kappa shape index (κ2) is 5.38. The van der Waals surface area contributed by atoms with E-state index in [1.807, 2.05) is 13.8 Å². The van der Waals surface area contributed by atoms with Gasteiger partial charge in [-0.15, -0.1) is 0 Å². The summed E-state index contributed by atoms with van der Waals surface area (Å²) in [6.45, 7) is 5.11. The van der Waals surface area contributed by atoms with Gasteiger partial charge in [-0.1, -0.05) is 6.92 Å². The summed E-state index contributed by atoms with van der Waals surface area (Å²) in [5.74, 6) is 0.917. The summed E-state index contributed by atoms with van der Waals surface area (Å²) in [5, 5.41) is 0.130. The molecule has 0 radical (unpaired) electrons. The minimum Gasteiger partial charge on any atom is -0.381 e. The first-order valence-electron chi connectivity index (χ1n) is 6.17. The molecule has 1 saturated heterocycles. The Hall–Kier alpha value is -0.920. The largest absolute Gasteiger partial charge is 0.381 e. The zero-order valence-electron chi connectivity index (χ0n) is 10.6. The molecule has 0 bridgehead atoms. The van der Waals surface area contributed by atoms with Crippen molar-refractivity contribution in [2.45, 2.75) is 37.8 Å². The van der Waals surface area contributed by atoms with Crippen LogP contribution in [0.5, 0.6) is 0 Å². The van der Waals surface area contributed by atoms with Crippen LogP contribution in [0.15, 0.2) is 11.2 Å². The number of nitrogens with zero attached hydrogens (tertiary/aromatic N) is 1. The van der Waals surface area contributed by atoms with Gasteiger partial charge in [-0.25, -0.2) is 18.1 Å². The summed E-state index contributed by atoms with van der Waals surface area (Å²) in [6.07, 6.45) is 2.94. The van der Waals surface area contributed by atoms with Gasteiger partial charge in [0.05, 0.1) is 12.8 Å². The zero-order valence-corrected chi connectivity index (χ0v) is 11.5. The molecule has 1 fully saturated rings. The zero-order chi connectivity index (χ0) is 13.2. The number of rotatable bonds is 5. The second-order valence-corrected chi connectivity index (χ2v) is 6.26. The summed E-state index contributed by atoms with van der Waals surface area (Å²) in [4.78, 5) is 6.81. The normalized spacial score (nSPS) is 22.2. The summed E-state index contributed by atoms with van der Waals surface area (Å²) >= 11 is 0. The number of aryl methyl sites for hydroxylation is 1. The minimum absolute atomic E-state index is 0.130. The van der Waals surface area contributed by atoms with Crippen molar-refractivity contribution in [3.63, 3.8) is 0 Å². The molecular formula is C11H19N3O3S. The van der Waals surface area contributed by atoms with E-state index in [2.05, 4.69) is 14.7 Å². The van der Waals surface area contributed by atoms with Gasteiger partial charge < -0.3 is 9.72 Å². The van der Waals surface area contributed by atoms with Gasteiger partial charge in [0.25, 0.3) is 10.0 Å². The quantitative estimate of drug-likeness (QED) is 0.826. The van der Waals surface area contributed by atoms with Gasteiger partial charge in [0.1, 0.15) is 5.82 Å². The van der Waals surface area contributed by atoms with Crippen molar-refractivity contribution in [3.05, 3.63) is 12.0 Å². The Morgan fingerprint density at radius 1 is 1.67 bits per heavy atom. The molecular weight excluding hydrogens is 254 g/mol. The molecule has 1 aromatic rings. The summed E-state index contributed by atoms with van der Waals surface area (Å²) in [6, 6.07) is -0.133. The molecule has 1 aliphatic rings. The SMILES string of the molecule is CCc1ncc(S(=O)(=O)NC(C)C2CCOC2)[nH]1. The molecule has 2 unspecified atom stereocenters. The van der Waals surface area contributed by atoms with E-state index in [1.54, 1.807) is 0 Å². The molecule has 2 rings (SSSR count). The van der Waals surface area contributed by atoms with Crippen molar-refractivity contribution >= 4 is 10.0 Å². The first-order chi connectivity index (χ1) is 8.53. The molecule has 0 saturated carbocycles. The van der Waals surface area contributed by atoms with E-state index < -0.39 is 10.0 Å². The Morgan fingerprint density at radius 3 is 3.00 bits per heavy atom. The number of hydrogen-bond acceptors (Lipinski definition) is 4. The third-order valence-corrected chi connectivity index (χ3v) is 4.71. The van der Waals surface area contributed by atoms with Crippen molar-refractivity contribution in [2.24, 2.45) is 5.92 Å². The highest BCUT2D eigenvalue weighted by atomic mass is 32.2. The lowest BCUT2D eigenvalue weighted by Gasteiger charge is -2.18. The molecule has 0 amide bonds. The molecule has 7 heteroatoms. The number of ether oxygens (including phenoxy) is 1. The third-order valence-electron chi connectivity index (χ3n) is 3.24. The van der Waals surface area contributed by atoms with E-state index in [0.29, 0.717) is 25.5 Å². The van der Waals surface area contributed by atoms with E-state index in [1.165, 1.54) is 6.20 Å². The molecule has 1 aliphatic heterocycles. The standard InChI is InChI=1S/C11H19N3O3S/c1-3-10-12-6-11(13-10)18(15,16)14-8(2)9-4-5-17-7-9/h6,8-9,14H,3-5,7H2,1-2H3,(H,12,13). The first-order valence-corrected chi connectivity index (χ1v) is 7.65. The van der Waals surface area contributed by atoms with E-state index in [0.717, 1.165) is 6.42 Å². The van der Waals surface area contributed by atoms with Gasteiger partial charge in [-0.05, 0) is 13.3 Å². The van der Waals surface area contributed by atoms with Crippen LogP contribution in [0.25, 0.3) is 0 Å². The summed E-state index contributed by atoms with van der Waals surface area (Å²) < 4.78 is 32.1. The average molecular weight is 273 g/mol. The van der Waals surface area contributed by atoms with E-state index >= 15 is 0 Å². The molecule has 0 aromatic carbocycles. The predicted molar refractivity (Wildman–Crippen MR) is 66.7 cm³/mol. The van der Waals surface area contributed by atoms with Crippen molar-refractivity contribution < 1.29 is 13.2 Å². The lowest BCUT2D eigenvalue weighted by molar-refractivity contribution is 0.180. The number of aromatic nitrogens is 2. The highest BCUT2D eigenvalue weighted by molar-refractivity contribution is 7.89. The maximum Gasteiger partial charge on any atom is 0.257 e. The van der Waals surface area contributed by atoms with E-state index in [4.69, 9.17) is 4.74 Å². The fraction of sp³-hybridized carbons (Fsp3) is 0.727. The molecule has 2 heterocycles. The molecule has 18 heavy (non-hydrogen) atoms. The summed E-state index contributed by atoms with van der Waals surface area (Å²) in [7, 11) is -3.51. The number of aromatic amines is 1. The predicted octanol–water partition coefficient (Wildman–Crippen LogP) is 0.675. The van der Waals surface area contributed by atoms with Crippen LogP contribution in [0.1, 0.15) is 26.1 Å². The highest BCUT2D eigenvalue weighted by Crippen LogP contribution is 2.18. The Bertz CT molecular complexity index is 491. The van der Waals surface area contributed by atoms with Gasteiger partial charge in [0.2, 0.25) is 0 Å². The third kappa shape index (κ3) is 2.90. The van der Waals surface area contributed by atoms with E-state index in [9.17, 15) is 8.42 Å². The van der Waals surface area contributed by atoms with Crippen LogP contribution in [0.3, 0.4) is 0 Å². The molecule has 0 aliphatic carbocycles. The number of imidazole rings is 1. The maximum absolute atomic E-state index is 12.1. The fourth-order valence-electron chi connectivity index (χ4n) is 2.01. The van der Waals surface area contributed by atoms with Crippen LogP contribution < -0.4 is 4.72 Å². The minimum atomic E-state index is -3.51. The monoisotopic (exact) mass is 273 g/mol. The Kier molecular flexibility index (Phi) is 4.04. The van der Waals surface area contributed by atoms with Gasteiger partial charge in [0.15, 0.2) is 5.03 Å². The summed E-state index contributed by atoms with van der Waals surface area (Å²) in [5.41, 5.74) is 0. The molecule has 2 atom stereocenters. The van der Waals surface area contributed by atoms with Crippen LogP contribution in [-0.4, -0.2) is 37.6 Å². The average Bonchev–Trinajstić information content (AvgIpc) is 3.00. The van der Waals surface area contributed by atoms with Crippen LogP contribution in [0.4, 0.5) is 0 Å². The number of hydrogen-bond donors (Lipinski definition) is 2. The Balaban J connectivity index is 2.06. The molecule has 2 N–H and O–H groups in total. The van der Waals surface area contributed by atoms with Crippen LogP contribution in [-0.2, 0) is 21.2 Å². The Labute approximate surface area is 107 Å². The van der Waals surface area contributed by atoms with E-state index in [-0.39, 0.29) is 17.0 Å². The van der Waals surface area contributed by atoms with Crippen LogP contribution in [0.2, 0.25) is 0 Å². The number of nitrogens with one attached hydrogen (secondary N) is 2. The van der Waals surface area contributed by atoms with Gasteiger partial charge in [-0.3, -0.25) is 0 Å². The topological polar surface area (TPSA) is 84.1 Å². The maximum atomic E-state index is 12.1. The molecule has 6 nitrogen and oxygen atoms in total. The van der Waals surface area contributed by atoms with Crippen LogP contribution >= 0.6 is 0 Å². The molecule has 0 spiro atoms. The molecule has 102 valence electrons. The number of H-pyrrole nitrogens is 1. The fourth-order valence-corrected chi connectivity index (χ4v) is 3.26. The smallest absolute Gasteiger partial charge is 0.257 e. The highest BCUT2D eigenvalue weighted by Gasteiger charge is 2.27. The molecule has 1 aromatic heterocycles. The Morgan fingerprint density at radius 2 is 2.44 bits per heavy atom. The first kappa shape index (κ1) is 13.5. The van der Waals surface area contributed by atoms with Crippen molar-refractivity contribution in [3.8, 4) is 0 Å². The van der Waals surface area contributed by atoms with Crippen molar-refractivity contribution in [1.82, 2.24) is 14.7 Å². The van der Waals surface area contributed by atoms with Gasteiger partial charge in [-0.2, -0.15) is 0 Å². The van der Waals surface area contributed by atoms with Gasteiger partial charge in [0, 0.05) is 25.0 Å². The van der Waals surface area contributed by atoms with Crippen molar-refractivity contribution in [2.75, 3.05) is 13.2 Å². The lowest BCUT2D eigenvalue weighted by Crippen LogP contribution is -2.38. The second-order valence-electron chi connectivity index (χ2n) is 4.58. The van der Waals surface area contributed by atoms with Gasteiger partial charge >= 0.3 is 0 Å². The van der Waals surface area contributed by atoms with Crippen LogP contribution in [0, 0.1) is 5.92 Å². The van der Waals surface area contributed by atoms with Crippen molar-refractivity contribution in [1.29, 1.82) is 0 Å². The lowest BCUT2D eigenvalue weighted by atomic mass is 10.0. The number of sulfonamides is 1.